The van der Waals surface area contributed by atoms with Gasteiger partial charge in [-0.3, -0.25) is 4.79 Å². The molecule has 0 N–H and O–H groups in total. The summed E-state index contributed by atoms with van der Waals surface area (Å²) in [4.78, 5) is 12.3. The van der Waals surface area contributed by atoms with Gasteiger partial charge in [-0.05, 0) is 48.7 Å². The lowest BCUT2D eigenvalue weighted by molar-refractivity contribution is -0.149. The van der Waals surface area contributed by atoms with Crippen LogP contribution in [-0.2, 0) is 16.1 Å². The van der Waals surface area contributed by atoms with Gasteiger partial charge in [-0.1, -0.05) is 18.2 Å². The predicted molar refractivity (Wildman–Crippen MR) is 107 cm³/mol. The monoisotopic (exact) mass is 391 g/mol. The molecule has 0 aliphatic rings. The van der Waals surface area contributed by atoms with Crippen LogP contribution in [-0.4, -0.2) is 27.8 Å². The van der Waals surface area contributed by atoms with Crippen LogP contribution in [0.25, 0.3) is 22.4 Å². The number of aryl methyl sites for hydroxylation is 1. The molecule has 1 atom stereocenters. The second kappa shape index (κ2) is 8.18. The molecule has 7 heteroatoms. The standard InChI is InChI=1S/C22H21N3O4/c1-15(21-23-24-22(29-21)17-7-9-18(27-2)10-8-17)28-20(26)12-14-25-13-11-16-5-3-4-6-19(16)25/h3-11,13,15H,12,14H2,1-2H3/t15-/m0/s1. The SMILES string of the molecule is COc1ccc(-c2nnc([C@H](C)OC(=O)CCn3ccc4ccccc43)o2)cc1. The highest BCUT2D eigenvalue weighted by molar-refractivity contribution is 5.80. The van der Waals surface area contributed by atoms with E-state index in [1.54, 1.807) is 14.0 Å². The lowest BCUT2D eigenvalue weighted by Crippen LogP contribution is -2.11. The molecule has 0 bridgehead atoms. The lowest BCUT2D eigenvalue weighted by Gasteiger charge is -2.10. The van der Waals surface area contributed by atoms with Crippen molar-refractivity contribution in [3.8, 4) is 17.2 Å². The number of para-hydroxylation sites is 1. The van der Waals surface area contributed by atoms with E-state index in [0.29, 0.717) is 12.4 Å². The molecule has 148 valence electrons. The van der Waals surface area contributed by atoms with Crippen molar-refractivity contribution >= 4 is 16.9 Å². The molecule has 0 saturated heterocycles. The van der Waals surface area contributed by atoms with Crippen molar-refractivity contribution in [1.29, 1.82) is 0 Å². The van der Waals surface area contributed by atoms with Gasteiger partial charge in [0.25, 0.3) is 5.89 Å². The largest absolute Gasteiger partial charge is 0.497 e. The van der Waals surface area contributed by atoms with E-state index < -0.39 is 6.10 Å². The smallest absolute Gasteiger partial charge is 0.308 e. The molecule has 0 amide bonds. The van der Waals surface area contributed by atoms with Crippen LogP contribution < -0.4 is 4.74 Å². The Bertz CT molecular complexity index is 1110. The number of aromatic nitrogens is 3. The first-order chi connectivity index (χ1) is 14.1. The highest BCUT2D eigenvalue weighted by atomic mass is 16.6. The van der Waals surface area contributed by atoms with Crippen molar-refractivity contribution in [3.63, 3.8) is 0 Å². The maximum atomic E-state index is 12.3. The Labute approximate surface area is 167 Å². The minimum atomic E-state index is -0.622. The molecular formula is C22H21N3O4. The molecular weight excluding hydrogens is 370 g/mol. The second-order valence-corrected chi connectivity index (χ2v) is 6.62. The maximum absolute atomic E-state index is 12.3. The Morgan fingerprint density at radius 2 is 1.90 bits per heavy atom. The number of benzene rings is 2. The topological polar surface area (TPSA) is 79.4 Å². The summed E-state index contributed by atoms with van der Waals surface area (Å²) in [5, 5.41) is 9.19. The van der Waals surface area contributed by atoms with Crippen LogP contribution in [0.15, 0.2) is 65.2 Å². The first-order valence-corrected chi connectivity index (χ1v) is 9.35. The van der Waals surface area contributed by atoms with Gasteiger partial charge in [-0.2, -0.15) is 0 Å². The molecule has 4 aromatic rings. The molecule has 0 fully saturated rings. The van der Waals surface area contributed by atoms with Gasteiger partial charge in [0.1, 0.15) is 5.75 Å². The quantitative estimate of drug-likeness (QED) is 0.435. The van der Waals surface area contributed by atoms with E-state index in [0.717, 1.165) is 22.2 Å². The first-order valence-electron chi connectivity index (χ1n) is 9.35. The van der Waals surface area contributed by atoms with E-state index in [1.807, 2.05) is 65.4 Å². The number of hydrogen-bond donors (Lipinski definition) is 0. The Kier molecular flexibility index (Phi) is 5.29. The summed E-state index contributed by atoms with van der Waals surface area (Å²) in [5.41, 5.74) is 1.86. The molecule has 0 spiro atoms. The first kappa shape index (κ1) is 18.7. The van der Waals surface area contributed by atoms with Gasteiger partial charge in [-0.25, -0.2) is 0 Å². The zero-order valence-corrected chi connectivity index (χ0v) is 16.2. The number of nitrogens with zero attached hydrogens (tertiary/aromatic N) is 3. The fraction of sp³-hybridized carbons (Fsp3) is 0.227. The average Bonchev–Trinajstić information content (AvgIpc) is 3.40. The van der Waals surface area contributed by atoms with Gasteiger partial charge in [0.05, 0.1) is 13.5 Å². The number of rotatable bonds is 7. The minimum absolute atomic E-state index is 0.252. The van der Waals surface area contributed by atoms with Crippen molar-refractivity contribution in [2.75, 3.05) is 7.11 Å². The van der Waals surface area contributed by atoms with Crippen LogP contribution in [0.4, 0.5) is 0 Å². The Hall–Kier alpha value is -3.61. The number of carbonyl (C=O) groups is 1. The Balaban J connectivity index is 1.35. The van der Waals surface area contributed by atoms with Gasteiger partial charge in [0, 0.05) is 23.8 Å². The van der Waals surface area contributed by atoms with E-state index in [9.17, 15) is 4.79 Å². The van der Waals surface area contributed by atoms with Gasteiger partial charge < -0.3 is 18.5 Å². The van der Waals surface area contributed by atoms with Crippen LogP contribution in [0, 0.1) is 0 Å². The van der Waals surface area contributed by atoms with Gasteiger partial charge in [0.15, 0.2) is 6.10 Å². The van der Waals surface area contributed by atoms with E-state index in [1.165, 1.54) is 0 Å². The predicted octanol–water partition coefficient (Wildman–Crippen LogP) is 4.39. The summed E-state index contributed by atoms with van der Waals surface area (Å²) in [5.74, 6) is 1.05. The third-order valence-corrected chi connectivity index (χ3v) is 4.67. The van der Waals surface area contributed by atoms with E-state index >= 15 is 0 Å². The summed E-state index contributed by atoms with van der Waals surface area (Å²) < 4.78 is 18.3. The molecule has 0 saturated carbocycles. The summed E-state index contributed by atoms with van der Waals surface area (Å²) in [6.07, 6.45) is 1.60. The number of carbonyl (C=O) groups excluding carboxylic acids is 1. The normalized spacial score (nSPS) is 12.1. The number of hydrogen-bond acceptors (Lipinski definition) is 6. The molecule has 0 aliphatic carbocycles. The fourth-order valence-corrected chi connectivity index (χ4v) is 3.10. The van der Waals surface area contributed by atoms with Gasteiger partial charge >= 0.3 is 5.97 Å². The molecule has 29 heavy (non-hydrogen) atoms. The molecule has 2 aromatic heterocycles. The summed E-state index contributed by atoms with van der Waals surface area (Å²) in [7, 11) is 1.61. The molecule has 4 rings (SSSR count). The highest BCUT2D eigenvalue weighted by Crippen LogP contribution is 2.24. The Morgan fingerprint density at radius 1 is 1.10 bits per heavy atom. The summed E-state index contributed by atoms with van der Waals surface area (Å²) in [6, 6.07) is 17.4. The fourth-order valence-electron chi connectivity index (χ4n) is 3.10. The Morgan fingerprint density at radius 3 is 2.69 bits per heavy atom. The molecule has 0 radical (unpaired) electrons. The third kappa shape index (κ3) is 4.13. The van der Waals surface area contributed by atoms with Gasteiger partial charge in [0.2, 0.25) is 5.89 Å². The average molecular weight is 391 g/mol. The maximum Gasteiger partial charge on any atom is 0.308 e. The van der Waals surface area contributed by atoms with Crippen LogP contribution in [0.1, 0.15) is 25.3 Å². The summed E-state index contributed by atoms with van der Waals surface area (Å²) in [6.45, 7) is 2.26. The van der Waals surface area contributed by atoms with E-state index in [2.05, 4.69) is 10.2 Å². The van der Waals surface area contributed by atoms with Crippen molar-refractivity contribution in [2.45, 2.75) is 26.0 Å². The number of esters is 1. The number of methoxy groups -OCH3 is 1. The van der Waals surface area contributed by atoms with E-state index in [4.69, 9.17) is 13.9 Å². The van der Waals surface area contributed by atoms with E-state index in [-0.39, 0.29) is 18.3 Å². The zero-order valence-electron chi connectivity index (χ0n) is 16.2. The van der Waals surface area contributed by atoms with Crippen molar-refractivity contribution in [2.24, 2.45) is 0 Å². The zero-order chi connectivity index (χ0) is 20.2. The van der Waals surface area contributed by atoms with Crippen LogP contribution >= 0.6 is 0 Å². The van der Waals surface area contributed by atoms with Crippen molar-refractivity contribution in [3.05, 3.63) is 66.7 Å². The second-order valence-electron chi connectivity index (χ2n) is 6.62. The number of ether oxygens (including phenoxy) is 2. The van der Waals surface area contributed by atoms with Crippen molar-refractivity contribution in [1.82, 2.24) is 14.8 Å². The lowest BCUT2D eigenvalue weighted by atomic mass is 10.2. The molecule has 2 aromatic carbocycles. The molecule has 0 unspecified atom stereocenters. The molecule has 7 nitrogen and oxygen atoms in total. The molecule has 0 aliphatic heterocycles. The van der Waals surface area contributed by atoms with Gasteiger partial charge in [-0.15, -0.1) is 10.2 Å². The van der Waals surface area contributed by atoms with Crippen molar-refractivity contribution < 1.29 is 18.7 Å². The molecule has 2 heterocycles. The van der Waals surface area contributed by atoms with Crippen LogP contribution in [0.3, 0.4) is 0 Å². The third-order valence-electron chi connectivity index (χ3n) is 4.67. The van der Waals surface area contributed by atoms with Crippen LogP contribution in [0.5, 0.6) is 5.75 Å². The number of fused-ring (bicyclic) bond motifs is 1. The minimum Gasteiger partial charge on any atom is -0.497 e. The highest BCUT2D eigenvalue weighted by Gasteiger charge is 2.19. The summed E-state index contributed by atoms with van der Waals surface area (Å²) >= 11 is 0. The van der Waals surface area contributed by atoms with Crippen LogP contribution in [0.2, 0.25) is 0 Å².